The van der Waals surface area contributed by atoms with Crippen molar-refractivity contribution in [3.63, 3.8) is 0 Å². The molecule has 3 N–H and O–H groups in total. The average Bonchev–Trinajstić information content (AvgIpc) is 2.56. The van der Waals surface area contributed by atoms with E-state index in [1.165, 1.54) is 7.11 Å². The minimum atomic E-state index is -0.684. The Morgan fingerprint density at radius 3 is 2.09 bits per heavy atom. The first-order chi connectivity index (χ1) is 10.6. The van der Waals surface area contributed by atoms with Gasteiger partial charge in [-0.25, -0.2) is 0 Å². The van der Waals surface area contributed by atoms with E-state index < -0.39 is 6.09 Å². The average molecular weight is 320 g/mol. The minimum Gasteiger partial charge on any atom is -0.413 e. The number of hydrogen-bond donors (Lipinski definition) is 2. The van der Waals surface area contributed by atoms with Gasteiger partial charge >= 0.3 is 6.09 Å². The molecule has 0 aliphatic heterocycles. The summed E-state index contributed by atoms with van der Waals surface area (Å²) in [6, 6.07) is 14.0. The van der Waals surface area contributed by atoms with Crippen LogP contribution in [0.5, 0.6) is 0 Å². The third kappa shape index (κ3) is 3.44. The predicted octanol–water partition coefficient (Wildman–Crippen LogP) is 2.32. The largest absolute Gasteiger partial charge is 0.626 e. The number of nitrogens with two attached hydrogens (primary N) is 1. The number of hydrogen-bond acceptors (Lipinski definition) is 4. The van der Waals surface area contributed by atoms with E-state index in [1.807, 2.05) is 0 Å². The van der Waals surface area contributed by atoms with Crippen molar-refractivity contribution < 1.29 is 19.3 Å². The fraction of sp³-hybridized carbons (Fsp3) is 0.125. The van der Waals surface area contributed by atoms with Crippen LogP contribution in [0.2, 0.25) is 5.02 Å². The van der Waals surface area contributed by atoms with Gasteiger partial charge in [0, 0.05) is 10.6 Å². The molecule has 0 atom stereocenters. The van der Waals surface area contributed by atoms with Crippen LogP contribution in [0.1, 0.15) is 16.7 Å². The van der Waals surface area contributed by atoms with Crippen LogP contribution in [0, 0.1) is 0 Å². The van der Waals surface area contributed by atoms with Gasteiger partial charge in [0.25, 0.3) is 5.71 Å². The number of nitrogens with zero attached hydrogens (tertiary/aromatic N) is 1. The predicted molar refractivity (Wildman–Crippen MR) is 83.9 cm³/mol. The van der Waals surface area contributed by atoms with Crippen molar-refractivity contribution in [2.45, 2.75) is 6.61 Å². The number of ether oxygens (including phenoxy) is 1. The molecule has 0 unspecified atom stereocenters. The SMILES string of the molecule is COC(=O)[N+](N)=C(c1ccc(Cl)cc1)c1ccc(CO)cc1. The van der Waals surface area contributed by atoms with Crippen LogP contribution < -0.4 is 5.84 Å². The highest BCUT2D eigenvalue weighted by atomic mass is 35.5. The minimum absolute atomic E-state index is 0.0557. The Morgan fingerprint density at radius 1 is 1.14 bits per heavy atom. The van der Waals surface area contributed by atoms with E-state index in [-0.39, 0.29) is 6.61 Å². The summed E-state index contributed by atoms with van der Waals surface area (Å²) in [7, 11) is 1.26. The molecule has 0 saturated carbocycles. The monoisotopic (exact) mass is 319 g/mol. The topological polar surface area (TPSA) is 75.6 Å². The summed E-state index contributed by atoms with van der Waals surface area (Å²) in [5.74, 6) is 5.88. The normalized spacial score (nSPS) is 11.8. The van der Waals surface area contributed by atoms with Crippen molar-refractivity contribution in [3.8, 4) is 0 Å². The second-order valence-electron chi connectivity index (χ2n) is 4.55. The number of halogens is 1. The van der Waals surface area contributed by atoms with E-state index in [2.05, 4.69) is 4.74 Å². The van der Waals surface area contributed by atoms with E-state index >= 15 is 0 Å². The first-order valence-electron chi connectivity index (χ1n) is 6.52. The standard InChI is InChI=1S/C16H16ClN2O3/c1-22-16(21)19(18)15(13-6-8-14(17)9-7-13)12-4-2-11(10-20)3-5-12/h2-9,20H,10,18H2,1H3/q+1. The highest BCUT2D eigenvalue weighted by Crippen LogP contribution is 2.15. The van der Waals surface area contributed by atoms with Gasteiger partial charge in [-0.05, 0) is 46.6 Å². The molecule has 0 aromatic heterocycles. The summed E-state index contributed by atoms with van der Waals surface area (Å²) < 4.78 is 5.62. The van der Waals surface area contributed by atoms with E-state index in [0.717, 1.165) is 10.2 Å². The maximum atomic E-state index is 11.8. The zero-order chi connectivity index (χ0) is 16.1. The number of hydrazine groups is 1. The van der Waals surface area contributed by atoms with E-state index in [4.69, 9.17) is 22.6 Å². The quantitative estimate of drug-likeness (QED) is 0.299. The number of aliphatic hydroxyl groups is 1. The molecule has 2 aromatic rings. The van der Waals surface area contributed by atoms with Crippen LogP contribution in [-0.2, 0) is 11.3 Å². The van der Waals surface area contributed by atoms with Crippen LogP contribution in [0.25, 0.3) is 0 Å². The molecule has 0 fully saturated rings. The van der Waals surface area contributed by atoms with Crippen molar-refractivity contribution in [2.75, 3.05) is 7.11 Å². The van der Waals surface area contributed by atoms with Crippen molar-refractivity contribution in [1.82, 2.24) is 0 Å². The smallest absolute Gasteiger partial charge is 0.413 e. The van der Waals surface area contributed by atoms with Crippen molar-refractivity contribution >= 4 is 23.4 Å². The van der Waals surface area contributed by atoms with Gasteiger partial charge in [0.2, 0.25) is 0 Å². The lowest BCUT2D eigenvalue weighted by molar-refractivity contribution is -0.455. The molecular formula is C16H16ClN2O3+. The van der Waals surface area contributed by atoms with Gasteiger partial charge in [-0.2, -0.15) is 10.6 Å². The van der Waals surface area contributed by atoms with E-state index in [1.54, 1.807) is 48.5 Å². The van der Waals surface area contributed by atoms with Crippen LogP contribution in [0.4, 0.5) is 4.79 Å². The molecule has 5 nitrogen and oxygen atoms in total. The number of amides is 1. The Hall–Kier alpha value is -2.37. The number of rotatable bonds is 3. The number of methoxy groups -OCH3 is 1. The molecule has 114 valence electrons. The number of aliphatic hydroxyl groups excluding tert-OH is 1. The summed E-state index contributed by atoms with van der Waals surface area (Å²) in [6.45, 7) is -0.0557. The van der Waals surface area contributed by atoms with Gasteiger partial charge in [-0.3, -0.25) is 0 Å². The van der Waals surface area contributed by atoms with Gasteiger partial charge in [-0.15, -0.1) is 0 Å². The third-order valence-electron chi connectivity index (χ3n) is 3.14. The molecule has 2 rings (SSSR count). The lowest BCUT2D eigenvalue weighted by atomic mass is 10.0. The number of hydrazone groups is 1. The summed E-state index contributed by atoms with van der Waals surface area (Å²) in [5.41, 5.74) is 2.68. The van der Waals surface area contributed by atoms with E-state index in [9.17, 15) is 4.79 Å². The summed E-state index contributed by atoms with van der Waals surface area (Å²) in [6.07, 6.45) is -0.684. The molecule has 0 aliphatic rings. The van der Waals surface area contributed by atoms with Gasteiger partial charge in [0.1, 0.15) is 0 Å². The van der Waals surface area contributed by atoms with Crippen molar-refractivity contribution in [2.24, 2.45) is 5.84 Å². The molecule has 0 spiro atoms. The first-order valence-corrected chi connectivity index (χ1v) is 6.90. The van der Waals surface area contributed by atoms with E-state index in [0.29, 0.717) is 21.9 Å². The van der Waals surface area contributed by atoms with Crippen LogP contribution in [0.3, 0.4) is 0 Å². The number of carbonyl (C=O) groups excluding carboxylic acids is 1. The zero-order valence-corrected chi connectivity index (χ0v) is 12.7. The summed E-state index contributed by atoms with van der Waals surface area (Å²) in [5, 5.41) is 9.70. The highest BCUT2D eigenvalue weighted by Gasteiger charge is 2.25. The fourth-order valence-corrected chi connectivity index (χ4v) is 2.14. The third-order valence-corrected chi connectivity index (χ3v) is 3.39. The maximum Gasteiger partial charge on any atom is 0.626 e. The summed E-state index contributed by atoms with van der Waals surface area (Å²) >= 11 is 5.90. The molecule has 0 bridgehead atoms. The molecule has 0 saturated heterocycles. The maximum absolute atomic E-state index is 11.8. The highest BCUT2D eigenvalue weighted by molar-refractivity contribution is 6.30. The Balaban J connectivity index is 2.59. The Labute approximate surface area is 133 Å². The fourth-order valence-electron chi connectivity index (χ4n) is 2.01. The van der Waals surface area contributed by atoms with Gasteiger partial charge in [0.15, 0.2) is 0 Å². The molecule has 0 aliphatic carbocycles. The van der Waals surface area contributed by atoms with Crippen LogP contribution in [0.15, 0.2) is 48.5 Å². The number of benzene rings is 2. The molecule has 0 heterocycles. The molecule has 6 heteroatoms. The molecule has 22 heavy (non-hydrogen) atoms. The molecule has 2 aromatic carbocycles. The Bertz CT molecular complexity index is 694. The molecule has 0 radical (unpaired) electrons. The van der Waals surface area contributed by atoms with Gasteiger partial charge in [-0.1, -0.05) is 23.7 Å². The molecule has 1 amide bonds. The lowest BCUT2D eigenvalue weighted by Gasteiger charge is -2.05. The van der Waals surface area contributed by atoms with Crippen LogP contribution >= 0.6 is 11.6 Å². The Kier molecular flexibility index (Phi) is 5.14. The zero-order valence-electron chi connectivity index (χ0n) is 12.0. The lowest BCUT2D eigenvalue weighted by Crippen LogP contribution is -2.34. The second-order valence-corrected chi connectivity index (χ2v) is 4.99. The summed E-state index contributed by atoms with van der Waals surface area (Å²) in [4.78, 5) is 11.8. The van der Waals surface area contributed by atoms with Gasteiger partial charge < -0.3 is 9.84 Å². The van der Waals surface area contributed by atoms with Gasteiger partial charge in [0.05, 0.1) is 19.3 Å². The second kappa shape index (κ2) is 7.06. The molecular weight excluding hydrogens is 304 g/mol. The van der Waals surface area contributed by atoms with Crippen LogP contribution in [-0.4, -0.2) is 28.7 Å². The number of carbonyl (C=O) groups is 1. The Morgan fingerprint density at radius 2 is 1.64 bits per heavy atom. The van der Waals surface area contributed by atoms with Crippen molar-refractivity contribution in [3.05, 3.63) is 70.2 Å². The van der Waals surface area contributed by atoms with Crippen molar-refractivity contribution in [1.29, 1.82) is 0 Å². The first kappa shape index (κ1) is 16.0.